The fourth-order valence-corrected chi connectivity index (χ4v) is 2.73. The van der Waals surface area contributed by atoms with Gasteiger partial charge in [-0.1, -0.05) is 18.9 Å². The minimum atomic E-state index is 0.0606. The highest BCUT2D eigenvalue weighted by molar-refractivity contribution is 14.1. The van der Waals surface area contributed by atoms with Crippen molar-refractivity contribution in [3.63, 3.8) is 0 Å². The van der Waals surface area contributed by atoms with Crippen molar-refractivity contribution in [2.24, 2.45) is 5.92 Å². The fourth-order valence-electron chi connectivity index (χ4n) is 2.18. The maximum Gasteiger partial charge on any atom is 0.251 e. The number of carbonyl (C=O) groups excluding carboxylic acids is 1. The van der Waals surface area contributed by atoms with Gasteiger partial charge in [0.15, 0.2) is 0 Å². The lowest BCUT2D eigenvalue weighted by Gasteiger charge is -2.10. The van der Waals surface area contributed by atoms with E-state index in [1.807, 2.05) is 24.3 Å². The molecule has 1 N–H and O–H groups in total. The summed E-state index contributed by atoms with van der Waals surface area (Å²) in [6.07, 6.45) is 5.19. The Morgan fingerprint density at radius 1 is 1.38 bits per heavy atom. The van der Waals surface area contributed by atoms with Crippen LogP contribution in [0.3, 0.4) is 0 Å². The number of carbonyl (C=O) groups is 1. The van der Waals surface area contributed by atoms with Crippen LogP contribution in [0.2, 0.25) is 0 Å². The summed E-state index contributed by atoms with van der Waals surface area (Å²) in [5, 5.41) is 3.03. The quantitative estimate of drug-likeness (QED) is 0.848. The molecule has 0 heterocycles. The lowest BCUT2D eigenvalue weighted by Crippen LogP contribution is -2.28. The number of benzene rings is 1. The smallest absolute Gasteiger partial charge is 0.251 e. The molecule has 0 atom stereocenters. The predicted molar refractivity (Wildman–Crippen MR) is 73.5 cm³/mol. The average Bonchev–Trinajstić information content (AvgIpc) is 2.78. The van der Waals surface area contributed by atoms with Gasteiger partial charge in [-0.3, -0.25) is 4.79 Å². The van der Waals surface area contributed by atoms with E-state index in [0.717, 1.165) is 15.7 Å². The molecule has 0 saturated heterocycles. The highest BCUT2D eigenvalue weighted by atomic mass is 127. The largest absolute Gasteiger partial charge is 0.352 e. The van der Waals surface area contributed by atoms with Crippen molar-refractivity contribution in [1.29, 1.82) is 0 Å². The van der Waals surface area contributed by atoms with Gasteiger partial charge in [0.05, 0.1) is 0 Å². The number of amides is 1. The van der Waals surface area contributed by atoms with Gasteiger partial charge >= 0.3 is 0 Å². The van der Waals surface area contributed by atoms with Crippen LogP contribution < -0.4 is 5.32 Å². The second-order valence-corrected chi connectivity index (χ2v) is 5.62. The normalized spacial score (nSPS) is 16.3. The van der Waals surface area contributed by atoms with Gasteiger partial charge in [-0.05, 0) is 59.5 Å². The molecule has 0 aromatic heterocycles. The Hall–Kier alpha value is -0.580. The van der Waals surface area contributed by atoms with Crippen molar-refractivity contribution < 1.29 is 4.79 Å². The Kier molecular flexibility index (Phi) is 4.21. The molecule has 1 amide bonds. The molecule has 1 aliphatic carbocycles. The minimum absolute atomic E-state index is 0.0606. The van der Waals surface area contributed by atoms with Crippen LogP contribution in [0.25, 0.3) is 0 Å². The van der Waals surface area contributed by atoms with Gasteiger partial charge in [0.2, 0.25) is 0 Å². The van der Waals surface area contributed by atoms with Crippen LogP contribution in [0, 0.1) is 9.49 Å². The third-order valence-corrected chi connectivity index (χ3v) is 3.78. The standard InChI is InChI=1S/C13H16INO/c14-12-7-3-6-11(8-12)13(16)15-9-10-4-1-2-5-10/h3,6-8,10H,1-2,4-5,9H2,(H,15,16). The minimum Gasteiger partial charge on any atom is -0.352 e. The van der Waals surface area contributed by atoms with E-state index in [0.29, 0.717) is 5.92 Å². The Morgan fingerprint density at radius 3 is 2.81 bits per heavy atom. The summed E-state index contributed by atoms with van der Waals surface area (Å²) in [6, 6.07) is 7.71. The monoisotopic (exact) mass is 329 g/mol. The Bertz CT molecular complexity index is 372. The van der Waals surface area contributed by atoms with E-state index in [2.05, 4.69) is 27.9 Å². The first kappa shape index (κ1) is 11.9. The van der Waals surface area contributed by atoms with Crippen molar-refractivity contribution in [2.45, 2.75) is 25.7 Å². The molecule has 16 heavy (non-hydrogen) atoms. The van der Waals surface area contributed by atoms with E-state index in [1.54, 1.807) is 0 Å². The number of nitrogens with one attached hydrogen (secondary N) is 1. The zero-order chi connectivity index (χ0) is 11.4. The Labute approximate surface area is 110 Å². The number of halogens is 1. The molecule has 86 valence electrons. The number of hydrogen-bond acceptors (Lipinski definition) is 1. The van der Waals surface area contributed by atoms with E-state index >= 15 is 0 Å². The van der Waals surface area contributed by atoms with Crippen molar-refractivity contribution in [3.8, 4) is 0 Å². The first-order valence-corrected chi connectivity index (χ1v) is 6.87. The average molecular weight is 329 g/mol. The van der Waals surface area contributed by atoms with Crippen LogP contribution >= 0.6 is 22.6 Å². The van der Waals surface area contributed by atoms with E-state index in [9.17, 15) is 4.79 Å². The van der Waals surface area contributed by atoms with Crippen molar-refractivity contribution in [3.05, 3.63) is 33.4 Å². The molecular weight excluding hydrogens is 313 g/mol. The molecular formula is C13H16INO. The number of hydrogen-bond donors (Lipinski definition) is 1. The zero-order valence-corrected chi connectivity index (χ0v) is 11.4. The summed E-state index contributed by atoms with van der Waals surface area (Å²) in [4.78, 5) is 11.8. The van der Waals surface area contributed by atoms with Crippen molar-refractivity contribution >= 4 is 28.5 Å². The summed E-state index contributed by atoms with van der Waals surface area (Å²) in [7, 11) is 0. The second kappa shape index (κ2) is 5.66. The van der Waals surface area contributed by atoms with E-state index in [4.69, 9.17) is 0 Å². The molecule has 1 aromatic rings. The molecule has 3 heteroatoms. The van der Waals surface area contributed by atoms with Crippen LogP contribution in [0.15, 0.2) is 24.3 Å². The SMILES string of the molecule is O=C(NCC1CCCC1)c1cccc(I)c1. The molecule has 1 fully saturated rings. The first-order valence-electron chi connectivity index (χ1n) is 5.79. The molecule has 0 bridgehead atoms. The third kappa shape index (κ3) is 3.20. The summed E-state index contributed by atoms with van der Waals surface area (Å²) in [5.74, 6) is 0.761. The second-order valence-electron chi connectivity index (χ2n) is 4.37. The highest BCUT2D eigenvalue weighted by Gasteiger charge is 2.16. The molecule has 1 aromatic carbocycles. The van der Waals surface area contributed by atoms with Gasteiger partial charge in [0.25, 0.3) is 5.91 Å². The highest BCUT2D eigenvalue weighted by Crippen LogP contribution is 2.23. The van der Waals surface area contributed by atoms with Crippen LogP contribution in [-0.4, -0.2) is 12.5 Å². The molecule has 0 radical (unpaired) electrons. The molecule has 2 nitrogen and oxygen atoms in total. The Morgan fingerprint density at radius 2 is 2.12 bits per heavy atom. The van der Waals surface area contributed by atoms with Gasteiger partial charge in [-0.2, -0.15) is 0 Å². The van der Waals surface area contributed by atoms with Gasteiger partial charge in [-0.25, -0.2) is 0 Å². The third-order valence-electron chi connectivity index (χ3n) is 3.11. The molecule has 0 spiro atoms. The molecule has 0 aliphatic heterocycles. The topological polar surface area (TPSA) is 29.1 Å². The molecule has 0 unspecified atom stereocenters. The fraction of sp³-hybridized carbons (Fsp3) is 0.462. The summed E-state index contributed by atoms with van der Waals surface area (Å²) in [5.41, 5.74) is 0.768. The number of rotatable bonds is 3. The van der Waals surface area contributed by atoms with Gasteiger partial charge < -0.3 is 5.32 Å². The van der Waals surface area contributed by atoms with Crippen molar-refractivity contribution in [2.75, 3.05) is 6.54 Å². The van der Waals surface area contributed by atoms with E-state index < -0.39 is 0 Å². The molecule has 1 saturated carbocycles. The lowest BCUT2D eigenvalue weighted by atomic mass is 10.1. The summed E-state index contributed by atoms with van der Waals surface area (Å²) < 4.78 is 1.10. The Balaban J connectivity index is 1.87. The summed E-state index contributed by atoms with van der Waals surface area (Å²) >= 11 is 2.23. The maximum absolute atomic E-state index is 11.8. The lowest BCUT2D eigenvalue weighted by molar-refractivity contribution is 0.0947. The van der Waals surface area contributed by atoms with Crippen LogP contribution in [0.1, 0.15) is 36.0 Å². The van der Waals surface area contributed by atoms with Gasteiger partial charge in [-0.15, -0.1) is 0 Å². The molecule has 1 aliphatic rings. The van der Waals surface area contributed by atoms with Crippen LogP contribution in [-0.2, 0) is 0 Å². The van der Waals surface area contributed by atoms with E-state index in [-0.39, 0.29) is 5.91 Å². The van der Waals surface area contributed by atoms with E-state index in [1.165, 1.54) is 25.7 Å². The van der Waals surface area contributed by atoms with Crippen LogP contribution in [0.5, 0.6) is 0 Å². The van der Waals surface area contributed by atoms with Gasteiger partial charge in [0.1, 0.15) is 0 Å². The van der Waals surface area contributed by atoms with Gasteiger partial charge in [0, 0.05) is 15.7 Å². The predicted octanol–water partition coefficient (Wildman–Crippen LogP) is 3.21. The zero-order valence-electron chi connectivity index (χ0n) is 9.21. The van der Waals surface area contributed by atoms with Crippen LogP contribution in [0.4, 0.5) is 0 Å². The first-order chi connectivity index (χ1) is 7.75. The molecule has 2 rings (SSSR count). The maximum atomic E-state index is 11.8. The summed E-state index contributed by atoms with van der Waals surface area (Å²) in [6.45, 7) is 0.838. The van der Waals surface area contributed by atoms with Crippen molar-refractivity contribution in [1.82, 2.24) is 5.32 Å².